The molecule has 2 amide bonds. The number of benzene rings is 4. The molecule has 1 aliphatic heterocycles. The largest absolute Gasteiger partial charge is 0.483 e. The highest BCUT2D eigenvalue weighted by Gasteiger charge is 2.34. The molecule has 4 aromatic carbocycles. The first-order chi connectivity index (χ1) is 20.7. The topological polar surface area (TPSA) is 114 Å². The molecular formula is C33H33N3O6S. The van der Waals surface area contributed by atoms with Crippen LogP contribution in [0.2, 0.25) is 0 Å². The fraction of sp³-hybridized carbons (Fsp3) is 0.212. The van der Waals surface area contributed by atoms with Gasteiger partial charge in [-0.15, -0.1) is 0 Å². The lowest BCUT2D eigenvalue weighted by Crippen LogP contribution is -2.52. The van der Waals surface area contributed by atoms with E-state index in [0.717, 1.165) is 11.1 Å². The van der Waals surface area contributed by atoms with Crippen LogP contribution in [0, 0.1) is 13.8 Å². The summed E-state index contributed by atoms with van der Waals surface area (Å²) in [5.74, 6) is 0.127. The number of hydrogen-bond acceptors (Lipinski definition) is 6. The molecule has 5 rings (SSSR count). The molecule has 9 nitrogen and oxygen atoms in total. The molecule has 0 saturated carbocycles. The van der Waals surface area contributed by atoms with Gasteiger partial charge in [-0.05, 0) is 73.9 Å². The fourth-order valence-corrected chi connectivity index (χ4v) is 5.84. The summed E-state index contributed by atoms with van der Waals surface area (Å²) in [6, 6.07) is 28.4. The average molecular weight is 600 g/mol. The van der Waals surface area contributed by atoms with E-state index >= 15 is 0 Å². The molecule has 0 bridgehead atoms. The van der Waals surface area contributed by atoms with E-state index in [9.17, 15) is 18.0 Å². The lowest BCUT2D eigenvalue weighted by Gasteiger charge is -2.34. The number of fused-ring (bicyclic) bond motifs is 1. The van der Waals surface area contributed by atoms with Gasteiger partial charge >= 0.3 is 0 Å². The maximum Gasteiger partial charge on any atom is 0.265 e. The smallest absolute Gasteiger partial charge is 0.265 e. The van der Waals surface area contributed by atoms with Gasteiger partial charge in [-0.3, -0.25) is 14.3 Å². The van der Waals surface area contributed by atoms with Crippen LogP contribution in [-0.4, -0.2) is 46.0 Å². The number of anilines is 2. The third-order valence-corrected chi connectivity index (χ3v) is 8.41. The van der Waals surface area contributed by atoms with Gasteiger partial charge in [-0.25, -0.2) is 8.42 Å². The Morgan fingerprint density at radius 3 is 2.40 bits per heavy atom. The molecular weight excluding hydrogens is 566 g/mol. The second-order valence-electron chi connectivity index (χ2n) is 10.3. The van der Waals surface area contributed by atoms with E-state index in [1.165, 1.54) is 23.1 Å². The Morgan fingerprint density at radius 1 is 0.930 bits per heavy atom. The van der Waals surface area contributed by atoms with E-state index in [1.54, 1.807) is 43.3 Å². The number of aryl methyl sites for hydroxylation is 2. The molecule has 0 aromatic heterocycles. The Labute approximate surface area is 251 Å². The quantitative estimate of drug-likeness (QED) is 0.275. The van der Waals surface area contributed by atoms with Crippen molar-refractivity contribution in [2.24, 2.45) is 0 Å². The van der Waals surface area contributed by atoms with Crippen molar-refractivity contribution < 1.29 is 27.5 Å². The highest BCUT2D eigenvalue weighted by molar-refractivity contribution is 7.92. The first-order valence-corrected chi connectivity index (χ1v) is 15.4. The molecule has 1 aliphatic rings. The minimum absolute atomic E-state index is 0.0250. The second-order valence-corrected chi connectivity index (χ2v) is 12.0. The molecule has 1 unspecified atom stereocenters. The zero-order valence-corrected chi connectivity index (χ0v) is 24.8. The van der Waals surface area contributed by atoms with Crippen LogP contribution in [0.1, 0.15) is 16.7 Å². The summed E-state index contributed by atoms with van der Waals surface area (Å²) in [6.45, 7) is 3.78. The van der Waals surface area contributed by atoms with Gasteiger partial charge < -0.3 is 19.7 Å². The number of hydrogen-bond donors (Lipinski definition) is 2. The van der Waals surface area contributed by atoms with Gasteiger partial charge in [0.1, 0.15) is 11.5 Å². The summed E-state index contributed by atoms with van der Waals surface area (Å²) in [7, 11) is -3.82. The maximum absolute atomic E-state index is 13.4. The first-order valence-electron chi connectivity index (χ1n) is 13.9. The highest BCUT2D eigenvalue weighted by atomic mass is 32.2. The summed E-state index contributed by atoms with van der Waals surface area (Å²) in [4.78, 5) is 27.9. The Kier molecular flexibility index (Phi) is 8.96. The second kappa shape index (κ2) is 13.0. The van der Waals surface area contributed by atoms with Crippen LogP contribution in [0.25, 0.3) is 0 Å². The van der Waals surface area contributed by atoms with Crippen molar-refractivity contribution in [2.75, 3.05) is 29.3 Å². The fourth-order valence-electron chi connectivity index (χ4n) is 4.70. The Hall–Kier alpha value is -4.83. The minimum atomic E-state index is -3.82. The average Bonchev–Trinajstić information content (AvgIpc) is 3.01. The number of nitrogens with zero attached hydrogens (tertiary/aromatic N) is 1. The van der Waals surface area contributed by atoms with Crippen LogP contribution in [0.3, 0.4) is 0 Å². The number of carbonyl (C=O) groups is 2. The number of rotatable bonds is 10. The monoisotopic (exact) mass is 599 g/mol. The summed E-state index contributed by atoms with van der Waals surface area (Å²) in [5, 5.41) is 2.90. The van der Waals surface area contributed by atoms with E-state index < -0.39 is 16.1 Å². The summed E-state index contributed by atoms with van der Waals surface area (Å²) < 4.78 is 40.2. The van der Waals surface area contributed by atoms with Gasteiger partial charge in [-0.1, -0.05) is 60.2 Å². The van der Waals surface area contributed by atoms with Crippen LogP contribution in [0.4, 0.5) is 11.4 Å². The van der Waals surface area contributed by atoms with Gasteiger partial charge in [0.15, 0.2) is 12.7 Å². The van der Waals surface area contributed by atoms with E-state index in [0.29, 0.717) is 41.4 Å². The van der Waals surface area contributed by atoms with Crippen LogP contribution >= 0.6 is 0 Å². The summed E-state index contributed by atoms with van der Waals surface area (Å²) in [6.07, 6.45) is -0.213. The van der Waals surface area contributed by atoms with Crippen LogP contribution in [0.15, 0.2) is 102 Å². The van der Waals surface area contributed by atoms with Crippen molar-refractivity contribution in [2.45, 2.75) is 31.3 Å². The number of ether oxygens (including phenoxy) is 2. The van der Waals surface area contributed by atoms with Crippen LogP contribution in [-0.2, 0) is 26.0 Å². The van der Waals surface area contributed by atoms with E-state index in [-0.39, 0.29) is 29.9 Å². The Morgan fingerprint density at radius 2 is 1.65 bits per heavy atom. The third kappa shape index (κ3) is 7.34. The molecule has 0 aliphatic carbocycles. The van der Waals surface area contributed by atoms with Gasteiger partial charge in [0, 0.05) is 12.2 Å². The van der Waals surface area contributed by atoms with E-state index in [2.05, 4.69) is 10.0 Å². The Balaban J connectivity index is 1.22. The Bertz CT molecular complexity index is 1710. The number of sulfonamides is 1. The zero-order chi connectivity index (χ0) is 30.4. The number of amides is 2. The van der Waals surface area contributed by atoms with Crippen LogP contribution in [0.5, 0.6) is 11.5 Å². The normalized spacial score (nSPS) is 14.3. The van der Waals surface area contributed by atoms with Gasteiger partial charge in [0.25, 0.3) is 21.8 Å². The van der Waals surface area contributed by atoms with Crippen molar-refractivity contribution in [3.63, 3.8) is 0 Å². The number of carbonyl (C=O) groups excluding carboxylic acids is 2. The maximum atomic E-state index is 13.4. The SMILES string of the molecule is Cc1ccc(NS(=O)(=O)c2ccc(OCC(=O)N3CC(C(=O)NCCc4ccccc4)Oc4ccccc43)c(C)c2)cc1. The number of nitrogens with one attached hydrogen (secondary N) is 2. The summed E-state index contributed by atoms with van der Waals surface area (Å²) >= 11 is 0. The van der Waals surface area contributed by atoms with Crippen LogP contribution < -0.4 is 24.4 Å². The first kappa shape index (κ1) is 29.7. The van der Waals surface area contributed by atoms with Gasteiger partial charge in [-0.2, -0.15) is 0 Å². The van der Waals surface area contributed by atoms with E-state index in [4.69, 9.17) is 9.47 Å². The molecule has 1 atom stereocenters. The van der Waals surface area contributed by atoms with E-state index in [1.807, 2.05) is 49.4 Å². The van der Waals surface area contributed by atoms with Gasteiger partial charge in [0.2, 0.25) is 0 Å². The molecule has 0 fully saturated rings. The number of para-hydroxylation sites is 2. The molecule has 0 saturated heterocycles. The standard InChI is InChI=1S/C33H33N3O6S/c1-23-12-14-26(15-13-23)35-43(39,40)27-16-17-29(24(2)20-27)41-22-32(37)36-21-31(42-30-11-7-6-10-28(30)36)33(38)34-19-18-25-8-4-3-5-9-25/h3-17,20,31,35H,18-19,21-22H2,1-2H3,(H,34,38). The van der Waals surface area contributed by atoms with Crippen molar-refractivity contribution in [3.8, 4) is 11.5 Å². The molecule has 0 spiro atoms. The predicted octanol–water partition coefficient (Wildman–Crippen LogP) is 4.64. The summed E-state index contributed by atoms with van der Waals surface area (Å²) in [5.41, 5.74) is 3.69. The molecule has 1 heterocycles. The predicted molar refractivity (Wildman–Crippen MR) is 165 cm³/mol. The lowest BCUT2D eigenvalue weighted by atomic mass is 10.1. The highest BCUT2D eigenvalue weighted by Crippen LogP contribution is 2.33. The zero-order valence-electron chi connectivity index (χ0n) is 23.9. The van der Waals surface area contributed by atoms with Crippen molar-refractivity contribution in [1.29, 1.82) is 0 Å². The van der Waals surface area contributed by atoms with Crippen molar-refractivity contribution >= 4 is 33.2 Å². The minimum Gasteiger partial charge on any atom is -0.483 e. The molecule has 2 N–H and O–H groups in total. The lowest BCUT2D eigenvalue weighted by molar-refractivity contribution is -0.128. The molecule has 222 valence electrons. The third-order valence-electron chi connectivity index (χ3n) is 7.03. The molecule has 4 aromatic rings. The van der Waals surface area contributed by atoms with Crippen molar-refractivity contribution in [1.82, 2.24) is 5.32 Å². The van der Waals surface area contributed by atoms with Gasteiger partial charge in [0.05, 0.1) is 17.1 Å². The molecule has 10 heteroatoms. The molecule has 43 heavy (non-hydrogen) atoms. The van der Waals surface area contributed by atoms with Crippen molar-refractivity contribution in [3.05, 3.63) is 114 Å². The molecule has 0 radical (unpaired) electrons.